The molecular weight excluding hydrogens is 158 g/mol. The third-order valence-electron chi connectivity index (χ3n) is 1.33. The Hall–Kier alpha value is -1.71. The molecule has 1 N–H and O–H groups in total. The van der Waals surface area contributed by atoms with Gasteiger partial charge in [-0.1, -0.05) is 0 Å². The zero-order valence-electron chi connectivity index (χ0n) is 6.24. The lowest BCUT2D eigenvalue weighted by Crippen LogP contribution is -2.20. The maximum absolute atomic E-state index is 10.8. The van der Waals surface area contributed by atoms with E-state index < -0.39 is 11.6 Å². The predicted octanol–water partition coefficient (Wildman–Crippen LogP) is -0.633. The largest absolute Gasteiger partial charge is 0.378 e. The highest BCUT2D eigenvalue weighted by Gasteiger charge is 2.12. The van der Waals surface area contributed by atoms with E-state index in [9.17, 15) is 14.4 Å². The molecule has 0 bridgehead atoms. The van der Waals surface area contributed by atoms with Crippen molar-refractivity contribution in [2.24, 2.45) is 0 Å². The average Bonchev–Trinajstić information content (AvgIpc) is 2.07. The Morgan fingerprint density at radius 2 is 2.00 bits per heavy atom. The van der Waals surface area contributed by atoms with Gasteiger partial charge in [0.15, 0.2) is 0 Å². The van der Waals surface area contributed by atoms with Gasteiger partial charge in [0.2, 0.25) is 11.6 Å². The Morgan fingerprint density at radius 1 is 1.25 bits per heavy atom. The van der Waals surface area contributed by atoms with E-state index in [-0.39, 0.29) is 6.54 Å². The second kappa shape index (κ2) is 3.61. The molecule has 12 heavy (non-hydrogen) atoms. The average molecular weight is 165 g/mol. The van der Waals surface area contributed by atoms with Crippen molar-refractivity contribution in [1.29, 1.82) is 0 Å². The van der Waals surface area contributed by atoms with E-state index in [0.717, 1.165) is 0 Å². The van der Waals surface area contributed by atoms with Crippen molar-refractivity contribution in [3.8, 4) is 0 Å². The van der Waals surface area contributed by atoms with Crippen LogP contribution in [0.15, 0.2) is 23.9 Å². The van der Waals surface area contributed by atoms with Gasteiger partial charge in [-0.05, 0) is 12.2 Å². The molecule has 0 aliphatic heterocycles. The van der Waals surface area contributed by atoms with Crippen LogP contribution in [-0.4, -0.2) is 24.4 Å². The number of allylic oxidation sites excluding steroid dienone is 3. The van der Waals surface area contributed by atoms with Crippen molar-refractivity contribution >= 4 is 17.9 Å². The highest BCUT2D eigenvalue weighted by atomic mass is 16.2. The number of carbonyl (C=O) groups is 3. The van der Waals surface area contributed by atoms with Crippen LogP contribution in [0.4, 0.5) is 0 Å². The maximum atomic E-state index is 10.8. The number of ketones is 2. The quantitative estimate of drug-likeness (QED) is 0.343. The van der Waals surface area contributed by atoms with Gasteiger partial charge in [-0.2, -0.15) is 0 Å². The summed E-state index contributed by atoms with van der Waals surface area (Å²) in [6, 6.07) is 0. The summed E-state index contributed by atoms with van der Waals surface area (Å²) in [5, 5.41) is 2.66. The first kappa shape index (κ1) is 8.39. The molecule has 0 atom stereocenters. The Labute approximate surface area is 68.9 Å². The summed E-state index contributed by atoms with van der Waals surface area (Å²) >= 11 is 0. The molecule has 1 aliphatic rings. The van der Waals surface area contributed by atoms with Crippen LogP contribution >= 0.6 is 0 Å². The third-order valence-corrected chi connectivity index (χ3v) is 1.33. The van der Waals surface area contributed by atoms with Crippen molar-refractivity contribution in [2.45, 2.75) is 0 Å². The summed E-state index contributed by atoms with van der Waals surface area (Å²) in [6.07, 6.45) is 4.49. The molecular formula is C8H7NO3. The van der Waals surface area contributed by atoms with E-state index in [2.05, 4.69) is 5.32 Å². The molecule has 0 spiro atoms. The molecule has 62 valence electrons. The Balaban J connectivity index is 2.63. The summed E-state index contributed by atoms with van der Waals surface area (Å²) < 4.78 is 0. The Morgan fingerprint density at radius 3 is 2.58 bits per heavy atom. The minimum absolute atomic E-state index is 0.137. The number of rotatable bonds is 3. The van der Waals surface area contributed by atoms with Crippen molar-refractivity contribution in [3.05, 3.63) is 23.9 Å². The van der Waals surface area contributed by atoms with Crippen LogP contribution in [0.1, 0.15) is 0 Å². The number of hydrogen-bond acceptors (Lipinski definition) is 4. The van der Waals surface area contributed by atoms with Crippen LogP contribution < -0.4 is 5.32 Å². The van der Waals surface area contributed by atoms with Gasteiger partial charge in [-0.25, -0.2) is 0 Å². The van der Waals surface area contributed by atoms with Gasteiger partial charge >= 0.3 is 0 Å². The molecule has 0 aromatic heterocycles. The second-order valence-electron chi connectivity index (χ2n) is 2.21. The highest BCUT2D eigenvalue weighted by Crippen LogP contribution is 2.00. The molecule has 4 heteroatoms. The minimum Gasteiger partial charge on any atom is -0.378 e. The second-order valence-corrected chi connectivity index (χ2v) is 2.21. The number of aldehydes is 1. The Bertz CT molecular complexity index is 289. The Kier molecular flexibility index (Phi) is 2.53. The van der Waals surface area contributed by atoms with E-state index in [1.807, 2.05) is 0 Å². The lowest BCUT2D eigenvalue weighted by atomic mass is 10.1. The minimum atomic E-state index is -0.564. The van der Waals surface area contributed by atoms with E-state index in [1.165, 1.54) is 18.2 Å². The van der Waals surface area contributed by atoms with Crippen molar-refractivity contribution in [3.63, 3.8) is 0 Å². The molecule has 0 aromatic carbocycles. The molecule has 0 saturated carbocycles. The molecule has 4 nitrogen and oxygen atoms in total. The third kappa shape index (κ3) is 1.88. The van der Waals surface area contributed by atoms with E-state index in [4.69, 9.17) is 0 Å². The standard InChI is InChI=1S/C8H7NO3/c10-4-3-9-6-1-2-7(11)8(12)5-6/h1-2,4-5,9H,3H2. The normalized spacial score (nSPS) is 15.8. The molecule has 0 fully saturated rings. The molecule has 0 saturated heterocycles. The molecule has 0 unspecified atom stereocenters. The fraction of sp³-hybridized carbons (Fsp3) is 0.125. The number of hydrogen-bond donors (Lipinski definition) is 1. The van der Waals surface area contributed by atoms with Crippen LogP contribution in [0.2, 0.25) is 0 Å². The number of nitrogens with one attached hydrogen (secondary N) is 1. The van der Waals surface area contributed by atoms with Gasteiger partial charge < -0.3 is 10.1 Å². The first-order valence-electron chi connectivity index (χ1n) is 3.39. The summed E-state index contributed by atoms with van der Waals surface area (Å²) in [6.45, 7) is 0.137. The fourth-order valence-corrected chi connectivity index (χ4v) is 0.778. The van der Waals surface area contributed by atoms with Crippen molar-refractivity contribution in [2.75, 3.05) is 6.54 Å². The number of carbonyl (C=O) groups excluding carboxylic acids is 3. The van der Waals surface area contributed by atoms with Gasteiger partial charge in [0.1, 0.15) is 6.29 Å². The fourth-order valence-electron chi connectivity index (χ4n) is 0.778. The lowest BCUT2D eigenvalue weighted by molar-refractivity contribution is -0.131. The van der Waals surface area contributed by atoms with Gasteiger partial charge in [0, 0.05) is 11.8 Å². The molecule has 0 heterocycles. The first-order valence-corrected chi connectivity index (χ1v) is 3.39. The summed E-state index contributed by atoms with van der Waals surface area (Å²) in [7, 11) is 0. The zero-order chi connectivity index (χ0) is 8.97. The van der Waals surface area contributed by atoms with Gasteiger partial charge in [0.05, 0.1) is 6.54 Å². The van der Waals surface area contributed by atoms with Crippen LogP contribution in [0.5, 0.6) is 0 Å². The van der Waals surface area contributed by atoms with Crippen molar-refractivity contribution < 1.29 is 14.4 Å². The van der Waals surface area contributed by atoms with Gasteiger partial charge in [-0.3, -0.25) is 9.59 Å². The maximum Gasteiger partial charge on any atom is 0.227 e. The smallest absolute Gasteiger partial charge is 0.227 e. The van der Waals surface area contributed by atoms with Crippen LogP contribution in [0.3, 0.4) is 0 Å². The SMILES string of the molecule is O=CCNC1=CC(=O)C(=O)C=C1. The van der Waals surface area contributed by atoms with E-state index >= 15 is 0 Å². The van der Waals surface area contributed by atoms with E-state index in [1.54, 1.807) is 0 Å². The van der Waals surface area contributed by atoms with Gasteiger partial charge in [-0.15, -0.1) is 0 Å². The summed E-state index contributed by atoms with van der Waals surface area (Å²) in [5.41, 5.74) is 0.492. The molecule has 0 amide bonds. The summed E-state index contributed by atoms with van der Waals surface area (Å²) in [5.74, 6) is -1.10. The molecule has 1 aliphatic carbocycles. The topological polar surface area (TPSA) is 63.2 Å². The van der Waals surface area contributed by atoms with Gasteiger partial charge in [0.25, 0.3) is 0 Å². The molecule has 0 radical (unpaired) electrons. The lowest BCUT2D eigenvalue weighted by Gasteiger charge is -2.05. The highest BCUT2D eigenvalue weighted by molar-refractivity contribution is 6.46. The molecule has 0 aromatic rings. The zero-order valence-corrected chi connectivity index (χ0v) is 6.24. The van der Waals surface area contributed by atoms with Crippen LogP contribution in [0.25, 0.3) is 0 Å². The summed E-state index contributed by atoms with van der Waals surface area (Å²) in [4.78, 5) is 31.3. The molecule has 1 rings (SSSR count). The van der Waals surface area contributed by atoms with Crippen LogP contribution in [-0.2, 0) is 14.4 Å². The van der Waals surface area contributed by atoms with Crippen molar-refractivity contribution in [1.82, 2.24) is 5.32 Å². The first-order chi connectivity index (χ1) is 5.74. The monoisotopic (exact) mass is 165 g/mol. The predicted molar refractivity (Wildman–Crippen MR) is 41.3 cm³/mol. The van der Waals surface area contributed by atoms with E-state index in [0.29, 0.717) is 12.0 Å². The van der Waals surface area contributed by atoms with Crippen LogP contribution in [0, 0.1) is 0 Å².